The van der Waals surface area contributed by atoms with Crippen molar-refractivity contribution in [3.63, 3.8) is 0 Å². The average molecular weight is 748 g/mol. The zero-order valence-electron chi connectivity index (χ0n) is 35.0. The van der Waals surface area contributed by atoms with E-state index in [2.05, 4.69) is 55.6 Å². The van der Waals surface area contributed by atoms with Crippen molar-refractivity contribution in [1.29, 1.82) is 0 Å². The molecule has 312 valence electrons. The topological polar surface area (TPSA) is 110 Å². The zero-order valence-corrected chi connectivity index (χ0v) is 35.0. The normalized spacial score (nSPS) is 14.5. The highest BCUT2D eigenvalue weighted by Gasteiger charge is 2.28. The molecule has 5 N–H and O–H groups in total. The first-order valence-electron chi connectivity index (χ1n) is 22.9. The number of carbonyl (C=O) groups excluding carboxylic acids is 1. The number of unbranched alkanes of at least 4 members (excludes halogenated alkanes) is 26. The fourth-order valence-corrected chi connectivity index (χ4v) is 6.91. The molecule has 0 bridgehead atoms. The molecule has 0 spiro atoms. The molecule has 6 nitrogen and oxygen atoms in total. The van der Waals surface area contributed by atoms with Gasteiger partial charge in [0.15, 0.2) is 0 Å². The molecule has 6 heteroatoms. The molecule has 0 aromatic carbocycles. The van der Waals surface area contributed by atoms with Crippen LogP contribution in [0.15, 0.2) is 36.5 Å². The number of amides is 1. The monoisotopic (exact) mass is 748 g/mol. The van der Waals surface area contributed by atoms with Crippen LogP contribution in [0.3, 0.4) is 0 Å². The Morgan fingerprint density at radius 2 is 0.792 bits per heavy atom. The largest absolute Gasteiger partial charge is 0.394 e. The quantitative estimate of drug-likeness (QED) is 0.0316. The van der Waals surface area contributed by atoms with E-state index in [1.807, 2.05) is 0 Å². The Morgan fingerprint density at radius 3 is 1.19 bits per heavy atom. The summed E-state index contributed by atoms with van der Waals surface area (Å²) in [6, 6.07) is -1.01. The maximum atomic E-state index is 12.5. The van der Waals surface area contributed by atoms with Gasteiger partial charge < -0.3 is 25.7 Å². The summed E-state index contributed by atoms with van der Waals surface area (Å²) in [5, 5.41) is 43.7. The lowest BCUT2D eigenvalue weighted by atomic mass is 10.00. The summed E-state index contributed by atoms with van der Waals surface area (Å²) in [5.41, 5.74) is 0. The molecule has 0 aliphatic heterocycles. The van der Waals surface area contributed by atoms with Crippen LogP contribution >= 0.6 is 0 Å². The molecule has 0 aliphatic carbocycles. The van der Waals surface area contributed by atoms with Crippen molar-refractivity contribution < 1.29 is 25.2 Å². The van der Waals surface area contributed by atoms with Gasteiger partial charge in [0.05, 0.1) is 18.8 Å². The third kappa shape index (κ3) is 36.0. The second-order valence-electron chi connectivity index (χ2n) is 15.7. The summed E-state index contributed by atoms with van der Waals surface area (Å²) in [4.78, 5) is 12.5. The van der Waals surface area contributed by atoms with Crippen LogP contribution < -0.4 is 5.32 Å². The van der Waals surface area contributed by atoms with Crippen molar-refractivity contribution in [3.8, 4) is 0 Å². The molecule has 0 radical (unpaired) electrons. The molecule has 0 saturated heterocycles. The number of rotatable bonds is 41. The van der Waals surface area contributed by atoms with Crippen molar-refractivity contribution in [2.75, 3.05) is 6.61 Å². The number of nitrogens with one attached hydrogen (secondary N) is 1. The number of hydrogen-bond donors (Lipinski definition) is 5. The molecule has 0 saturated carbocycles. The minimum Gasteiger partial charge on any atom is -0.394 e. The predicted octanol–water partition coefficient (Wildman–Crippen LogP) is 12.1. The Hall–Kier alpha value is -1.47. The van der Waals surface area contributed by atoms with Crippen LogP contribution in [0.5, 0.6) is 0 Å². The maximum Gasteiger partial charge on any atom is 0.249 e. The Kier molecular flexibility index (Phi) is 40.5. The standard InChI is InChI=1S/C47H89NO5/c1-3-5-7-9-11-13-15-17-19-21-22-23-25-26-28-30-32-34-36-38-40-44(50)46(52)43(42-49)48-47(53)45(51)41-39-37-35-33-31-29-27-24-20-18-16-14-12-10-8-6-4-2/h19,21,25-26,32,34,43-46,49-52H,3-18,20,22-24,27-31,33,35-42H2,1-2H3,(H,48,53)/b21-19+,26-25+,34-32+. The lowest BCUT2D eigenvalue weighted by Gasteiger charge is -2.27. The van der Waals surface area contributed by atoms with E-state index in [-0.39, 0.29) is 0 Å². The van der Waals surface area contributed by atoms with Crippen LogP contribution in [-0.2, 0) is 4.79 Å². The van der Waals surface area contributed by atoms with E-state index in [4.69, 9.17) is 0 Å². The fourth-order valence-electron chi connectivity index (χ4n) is 6.91. The van der Waals surface area contributed by atoms with Crippen LogP contribution in [-0.4, -0.2) is 57.3 Å². The van der Waals surface area contributed by atoms with Crippen molar-refractivity contribution in [3.05, 3.63) is 36.5 Å². The Bertz CT molecular complexity index is 843. The Balaban J connectivity index is 3.81. The minimum absolute atomic E-state index is 0.361. The van der Waals surface area contributed by atoms with Gasteiger partial charge in [0.1, 0.15) is 12.2 Å². The van der Waals surface area contributed by atoms with E-state index in [0.717, 1.165) is 51.4 Å². The summed E-state index contributed by atoms with van der Waals surface area (Å²) in [6.45, 7) is 4.03. The highest BCUT2D eigenvalue weighted by molar-refractivity contribution is 5.80. The van der Waals surface area contributed by atoms with E-state index >= 15 is 0 Å². The predicted molar refractivity (Wildman–Crippen MR) is 228 cm³/mol. The third-order valence-corrected chi connectivity index (χ3v) is 10.6. The lowest BCUT2D eigenvalue weighted by molar-refractivity contribution is -0.132. The second-order valence-corrected chi connectivity index (χ2v) is 15.7. The van der Waals surface area contributed by atoms with Crippen LogP contribution in [0.1, 0.15) is 226 Å². The lowest BCUT2D eigenvalue weighted by Crippen LogP contribution is -2.53. The Morgan fingerprint density at radius 1 is 0.453 bits per heavy atom. The van der Waals surface area contributed by atoms with Gasteiger partial charge in [-0.15, -0.1) is 0 Å². The molecule has 53 heavy (non-hydrogen) atoms. The molecule has 4 unspecified atom stereocenters. The first-order valence-corrected chi connectivity index (χ1v) is 22.9. The van der Waals surface area contributed by atoms with Crippen LogP contribution in [0, 0.1) is 0 Å². The molecule has 0 aromatic rings. The third-order valence-electron chi connectivity index (χ3n) is 10.6. The number of carbonyl (C=O) groups is 1. The van der Waals surface area contributed by atoms with Gasteiger partial charge in [-0.2, -0.15) is 0 Å². The van der Waals surface area contributed by atoms with Gasteiger partial charge >= 0.3 is 0 Å². The number of aliphatic hydroxyl groups is 4. The van der Waals surface area contributed by atoms with E-state index in [0.29, 0.717) is 19.3 Å². The highest BCUT2D eigenvalue weighted by atomic mass is 16.3. The number of hydrogen-bond acceptors (Lipinski definition) is 5. The molecular formula is C47H89NO5. The first-order chi connectivity index (χ1) is 26.0. The van der Waals surface area contributed by atoms with Crippen LogP contribution in [0.2, 0.25) is 0 Å². The summed E-state index contributed by atoms with van der Waals surface area (Å²) >= 11 is 0. The molecule has 0 heterocycles. The zero-order chi connectivity index (χ0) is 38.9. The van der Waals surface area contributed by atoms with Crippen molar-refractivity contribution >= 4 is 5.91 Å². The molecule has 0 aliphatic rings. The number of allylic oxidation sites excluding steroid dienone is 6. The molecule has 0 fully saturated rings. The van der Waals surface area contributed by atoms with Gasteiger partial charge in [0.25, 0.3) is 0 Å². The van der Waals surface area contributed by atoms with Crippen molar-refractivity contribution in [1.82, 2.24) is 5.32 Å². The average Bonchev–Trinajstić information content (AvgIpc) is 3.16. The summed E-state index contributed by atoms with van der Waals surface area (Å²) in [6.07, 6.45) is 48.9. The molecule has 4 atom stereocenters. The van der Waals surface area contributed by atoms with Crippen molar-refractivity contribution in [2.45, 2.75) is 250 Å². The Labute approximate surface area is 328 Å². The van der Waals surface area contributed by atoms with Gasteiger partial charge in [-0.1, -0.05) is 198 Å². The van der Waals surface area contributed by atoms with E-state index in [9.17, 15) is 25.2 Å². The van der Waals surface area contributed by atoms with Gasteiger partial charge in [0.2, 0.25) is 5.91 Å². The summed E-state index contributed by atoms with van der Waals surface area (Å²) in [5.74, 6) is -0.598. The minimum atomic E-state index is -1.29. The summed E-state index contributed by atoms with van der Waals surface area (Å²) in [7, 11) is 0. The van der Waals surface area contributed by atoms with E-state index in [1.165, 1.54) is 141 Å². The van der Waals surface area contributed by atoms with Gasteiger partial charge in [-0.3, -0.25) is 4.79 Å². The van der Waals surface area contributed by atoms with Gasteiger partial charge in [0, 0.05) is 0 Å². The second kappa shape index (κ2) is 41.7. The highest BCUT2D eigenvalue weighted by Crippen LogP contribution is 2.16. The number of aliphatic hydroxyl groups excluding tert-OH is 4. The van der Waals surface area contributed by atoms with E-state index in [1.54, 1.807) is 0 Å². The smallest absolute Gasteiger partial charge is 0.249 e. The van der Waals surface area contributed by atoms with Gasteiger partial charge in [-0.25, -0.2) is 0 Å². The van der Waals surface area contributed by atoms with Crippen LogP contribution in [0.4, 0.5) is 0 Å². The maximum absolute atomic E-state index is 12.5. The van der Waals surface area contributed by atoms with E-state index < -0.39 is 36.9 Å². The first kappa shape index (κ1) is 51.5. The summed E-state index contributed by atoms with van der Waals surface area (Å²) < 4.78 is 0. The SMILES string of the molecule is CCCCCCCCC/C=C/CC/C=C/CC/C=C/CCCC(O)C(O)C(CO)NC(=O)C(O)CCCCCCCCCCCCCCCCCCC. The van der Waals surface area contributed by atoms with Gasteiger partial charge in [-0.05, 0) is 64.2 Å². The molecule has 0 aromatic heterocycles. The molecular weight excluding hydrogens is 659 g/mol. The fraction of sp³-hybridized carbons (Fsp3) is 0.851. The van der Waals surface area contributed by atoms with Crippen LogP contribution in [0.25, 0.3) is 0 Å². The molecule has 1 amide bonds. The molecule has 0 rings (SSSR count). The van der Waals surface area contributed by atoms with Crippen molar-refractivity contribution in [2.24, 2.45) is 0 Å².